The fraction of sp³-hybridized carbons (Fsp3) is 0.400. The topological polar surface area (TPSA) is 118 Å². The number of nitrogens with one attached hydrogen (secondary N) is 1. The molecule has 1 N–H and O–H groups in total. The summed E-state index contributed by atoms with van der Waals surface area (Å²) in [4.78, 5) is 53.1. The molecular weight excluding hydrogens is 388 g/mol. The fourth-order valence-electron chi connectivity index (χ4n) is 3.55. The van der Waals surface area contributed by atoms with Gasteiger partial charge in [0.1, 0.15) is 6.54 Å². The summed E-state index contributed by atoms with van der Waals surface area (Å²) in [5.74, 6) is -0.562. The summed E-state index contributed by atoms with van der Waals surface area (Å²) in [5.41, 5.74) is 0.618. The van der Waals surface area contributed by atoms with E-state index in [1.165, 1.54) is 13.5 Å². The Kier molecular flexibility index (Phi) is 5.55. The quantitative estimate of drug-likeness (QED) is 0.695. The Balaban J connectivity index is 1.40. The molecule has 1 aromatic carbocycles. The Morgan fingerprint density at radius 3 is 2.33 bits per heavy atom. The van der Waals surface area contributed by atoms with Gasteiger partial charge in [0.2, 0.25) is 11.9 Å². The van der Waals surface area contributed by atoms with Crippen molar-refractivity contribution in [1.29, 1.82) is 0 Å². The Labute approximate surface area is 173 Å². The number of imide groups is 1. The zero-order valence-corrected chi connectivity index (χ0v) is 16.6. The van der Waals surface area contributed by atoms with Crippen molar-refractivity contribution in [3.05, 3.63) is 41.2 Å². The molecule has 0 spiro atoms. The van der Waals surface area contributed by atoms with Crippen molar-refractivity contribution in [2.75, 3.05) is 31.6 Å². The number of ether oxygens (including phenoxy) is 1. The van der Waals surface area contributed by atoms with Crippen LogP contribution in [0.25, 0.3) is 0 Å². The van der Waals surface area contributed by atoms with Crippen molar-refractivity contribution in [2.45, 2.75) is 25.8 Å². The monoisotopic (exact) mass is 410 g/mol. The first-order valence-corrected chi connectivity index (χ1v) is 9.82. The molecule has 2 aliphatic rings. The van der Waals surface area contributed by atoms with Crippen LogP contribution in [0.5, 0.6) is 6.01 Å². The number of amides is 3. The number of fused-ring (bicyclic) bond motifs is 1. The van der Waals surface area contributed by atoms with Gasteiger partial charge < -0.3 is 15.0 Å². The molecule has 2 aromatic rings. The zero-order valence-electron chi connectivity index (χ0n) is 16.6. The number of carbonyl (C=O) groups is 3. The Morgan fingerprint density at radius 2 is 1.70 bits per heavy atom. The molecular formula is C20H22N6O4. The summed E-state index contributed by atoms with van der Waals surface area (Å²) in [5, 5.41) is 2.66. The molecule has 10 heteroatoms. The Hall–Kier alpha value is -3.56. The molecule has 156 valence electrons. The van der Waals surface area contributed by atoms with Crippen LogP contribution < -0.4 is 15.0 Å². The lowest BCUT2D eigenvalue weighted by Crippen LogP contribution is -2.40. The van der Waals surface area contributed by atoms with E-state index < -0.39 is 17.7 Å². The third-order valence-electron chi connectivity index (χ3n) is 5.09. The highest BCUT2D eigenvalue weighted by atomic mass is 16.5. The molecule has 0 unspecified atom stereocenters. The first-order valence-electron chi connectivity index (χ1n) is 9.82. The smallest absolute Gasteiger partial charge is 0.321 e. The second kappa shape index (κ2) is 8.44. The van der Waals surface area contributed by atoms with Crippen molar-refractivity contribution in [3.8, 4) is 6.01 Å². The molecule has 1 aromatic heterocycles. The summed E-state index contributed by atoms with van der Waals surface area (Å²) in [6.07, 6.45) is 3.32. The van der Waals surface area contributed by atoms with Crippen molar-refractivity contribution < 1.29 is 19.1 Å². The van der Waals surface area contributed by atoms with E-state index in [2.05, 4.69) is 25.2 Å². The average Bonchev–Trinajstić information content (AvgIpc) is 3.03. The van der Waals surface area contributed by atoms with Crippen LogP contribution in [0, 0.1) is 0 Å². The van der Waals surface area contributed by atoms with Crippen molar-refractivity contribution in [2.24, 2.45) is 0 Å². The molecule has 0 atom stereocenters. The summed E-state index contributed by atoms with van der Waals surface area (Å²) in [6.45, 7) is 1.38. The second-order valence-electron chi connectivity index (χ2n) is 7.10. The third-order valence-corrected chi connectivity index (χ3v) is 5.09. The zero-order chi connectivity index (χ0) is 21.1. The predicted molar refractivity (Wildman–Crippen MR) is 106 cm³/mol. The molecule has 4 rings (SSSR count). The van der Waals surface area contributed by atoms with Crippen molar-refractivity contribution >= 4 is 23.7 Å². The van der Waals surface area contributed by atoms with E-state index in [-0.39, 0.29) is 19.1 Å². The van der Waals surface area contributed by atoms with Gasteiger partial charge in [-0.2, -0.15) is 15.0 Å². The molecule has 30 heavy (non-hydrogen) atoms. The van der Waals surface area contributed by atoms with Crippen LogP contribution in [0.4, 0.5) is 5.95 Å². The van der Waals surface area contributed by atoms with E-state index in [0.29, 0.717) is 22.9 Å². The fourth-order valence-corrected chi connectivity index (χ4v) is 3.55. The van der Waals surface area contributed by atoms with Crippen molar-refractivity contribution in [3.63, 3.8) is 0 Å². The van der Waals surface area contributed by atoms with Gasteiger partial charge in [0.25, 0.3) is 11.8 Å². The van der Waals surface area contributed by atoms with Gasteiger partial charge in [-0.25, -0.2) is 0 Å². The number of piperidine rings is 1. The number of rotatable bonds is 6. The molecule has 1 saturated heterocycles. The van der Waals surface area contributed by atoms with Crippen LogP contribution in [0.3, 0.4) is 0 Å². The number of hydrogen-bond acceptors (Lipinski definition) is 8. The van der Waals surface area contributed by atoms with E-state index in [9.17, 15) is 14.4 Å². The lowest BCUT2D eigenvalue weighted by atomic mass is 10.1. The normalized spacial score (nSPS) is 15.9. The standard InChI is InChI=1S/C20H22N6O4/c1-30-20-23-15(22-19(24-20)25-9-5-2-6-10-25)11-21-16(27)12-26-17(28)13-7-3-4-8-14(13)18(26)29/h3-4,7-8H,2,5-6,9-12H2,1H3,(H,21,27). The molecule has 10 nitrogen and oxygen atoms in total. The maximum Gasteiger partial charge on any atom is 0.321 e. The molecule has 0 saturated carbocycles. The number of nitrogens with zero attached hydrogens (tertiary/aromatic N) is 5. The van der Waals surface area contributed by atoms with Crippen LogP contribution >= 0.6 is 0 Å². The van der Waals surface area contributed by atoms with E-state index in [1.807, 2.05) is 0 Å². The molecule has 1 fully saturated rings. The van der Waals surface area contributed by atoms with Crippen LogP contribution in [0.1, 0.15) is 45.8 Å². The molecule has 3 heterocycles. The minimum Gasteiger partial charge on any atom is -0.467 e. The number of hydrogen-bond donors (Lipinski definition) is 1. The Bertz CT molecular complexity index is 954. The van der Waals surface area contributed by atoms with Gasteiger partial charge in [-0.3, -0.25) is 19.3 Å². The largest absolute Gasteiger partial charge is 0.467 e. The maximum absolute atomic E-state index is 12.4. The van der Waals surface area contributed by atoms with Gasteiger partial charge in [-0.15, -0.1) is 0 Å². The van der Waals surface area contributed by atoms with Gasteiger partial charge in [0.05, 0.1) is 24.8 Å². The number of aromatic nitrogens is 3. The molecule has 0 aliphatic carbocycles. The highest BCUT2D eigenvalue weighted by Gasteiger charge is 2.36. The number of anilines is 1. The van der Waals surface area contributed by atoms with Crippen molar-refractivity contribution in [1.82, 2.24) is 25.2 Å². The predicted octanol–water partition coefficient (Wildman–Crippen LogP) is 0.783. The number of carbonyl (C=O) groups excluding carboxylic acids is 3. The number of benzene rings is 1. The van der Waals surface area contributed by atoms with E-state index in [1.54, 1.807) is 24.3 Å². The van der Waals surface area contributed by atoms with E-state index >= 15 is 0 Å². The van der Waals surface area contributed by atoms with Crippen LogP contribution in [-0.4, -0.2) is 64.3 Å². The first-order chi connectivity index (χ1) is 14.6. The van der Waals surface area contributed by atoms with Crippen LogP contribution in [-0.2, 0) is 11.3 Å². The van der Waals surface area contributed by atoms with Gasteiger partial charge in [-0.1, -0.05) is 12.1 Å². The first kappa shape index (κ1) is 19.7. The molecule has 3 amide bonds. The van der Waals surface area contributed by atoms with Gasteiger partial charge >= 0.3 is 6.01 Å². The van der Waals surface area contributed by atoms with Crippen LogP contribution in [0.2, 0.25) is 0 Å². The Morgan fingerprint density at radius 1 is 1.03 bits per heavy atom. The molecule has 0 radical (unpaired) electrons. The van der Waals surface area contributed by atoms with E-state index in [4.69, 9.17) is 4.74 Å². The summed E-state index contributed by atoms with van der Waals surface area (Å²) >= 11 is 0. The SMILES string of the molecule is COc1nc(CNC(=O)CN2C(=O)c3ccccc3C2=O)nc(N2CCCCC2)n1. The summed E-state index contributed by atoms with van der Waals surface area (Å²) in [6, 6.07) is 6.69. The third kappa shape index (κ3) is 3.93. The highest BCUT2D eigenvalue weighted by Crippen LogP contribution is 2.22. The maximum atomic E-state index is 12.4. The lowest BCUT2D eigenvalue weighted by Gasteiger charge is -2.26. The van der Waals surface area contributed by atoms with Crippen LogP contribution in [0.15, 0.2) is 24.3 Å². The minimum atomic E-state index is -0.483. The van der Waals surface area contributed by atoms with Gasteiger partial charge in [0, 0.05) is 13.1 Å². The highest BCUT2D eigenvalue weighted by molar-refractivity contribution is 6.22. The van der Waals surface area contributed by atoms with Gasteiger partial charge in [0.15, 0.2) is 5.82 Å². The minimum absolute atomic E-state index is 0.0295. The molecule has 2 aliphatic heterocycles. The van der Waals surface area contributed by atoms with E-state index in [0.717, 1.165) is 30.8 Å². The lowest BCUT2D eigenvalue weighted by molar-refractivity contribution is -0.121. The summed E-state index contributed by atoms with van der Waals surface area (Å²) in [7, 11) is 1.47. The number of methoxy groups -OCH3 is 1. The summed E-state index contributed by atoms with van der Waals surface area (Å²) < 4.78 is 5.17. The molecule has 0 bridgehead atoms. The second-order valence-corrected chi connectivity index (χ2v) is 7.10. The van der Waals surface area contributed by atoms with Gasteiger partial charge in [-0.05, 0) is 31.4 Å². The average molecular weight is 410 g/mol.